The summed E-state index contributed by atoms with van der Waals surface area (Å²) in [5, 5.41) is 27.4. The summed E-state index contributed by atoms with van der Waals surface area (Å²) in [6, 6.07) is 10.3. The van der Waals surface area contributed by atoms with Gasteiger partial charge in [-0.2, -0.15) is 4.68 Å². The maximum absolute atomic E-state index is 9.28. The van der Waals surface area contributed by atoms with Crippen LogP contribution in [0.4, 0.5) is 0 Å². The van der Waals surface area contributed by atoms with Gasteiger partial charge in [0.15, 0.2) is 16.7 Å². The lowest BCUT2D eigenvalue weighted by molar-refractivity contribution is 0.426. The molecule has 8 nitrogen and oxygen atoms in total. The van der Waals surface area contributed by atoms with Gasteiger partial charge in [0.1, 0.15) is 11.2 Å². The third kappa shape index (κ3) is 2.91. The van der Waals surface area contributed by atoms with E-state index in [2.05, 4.69) is 20.3 Å². The van der Waals surface area contributed by atoms with Gasteiger partial charge in [-0.15, -0.1) is 5.10 Å². The van der Waals surface area contributed by atoms with Crippen LogP contribution < -0.4 is 5.46 Å². The van der Waals surface area contributed by atoms with Gasteiger partial charge < -0.3 is 14.5 Å². The van der Waals surface area contributed by atoms with Crippen LogP contribution >= 0.6 is 11.8 Å². The largest absolute Gasteiger partial charge is 0.488 e. The van der Waals surface area contributed by atoms with Gasteiger partial charge in [0.05, 0.1) is 11.8 Å². The van der Waals surface area contributed by atoms with Crippen LogP contribution in [0.1, 0.15) is 0 Å². The number of benzene rings is 1. The third-order valence-electron chi connectivity index (χ3n) is 3.63. The number of fused-ring (bicyclic) bond motifs is 1. The lowest BCUT2D eigenvalue weighted by Crippen LogP contribution is -2.29. The van der Waals surface area contributed by atoms with Crippen molar-refractivity contribution in [3.05, 3.63) is 42.7 Å². The Labute approximate surface area is 146 Å². The fraction of sp³-hybridized carbons (Fsp3) is 0.0667. The van der Waals surface area contributed by atoms with E-state index in [1.807, 2.05) is 12.3 Å². The Morgan fingerprint density at radius 2 is 2.04 bits per heavy atom. The molecule has 0 bridgehead atoms. The van der Waals surface area contributed by atoms with Crippen molar-refractivity contribution in [3.63, 3.8) is 0 Å². The number of nitrogens with zero attached hydrogens (tertiary/aromatic N) is 5. The average Bonchev–Trinajstić information content (AvgIpc) is 3.30. The summed E-state index contributed by atoms with van der Waals surface area (Å²) in [4.78, 5) is 8.94. The number of thioether (sulfide) groups is 1. The molecular formula is C15H12BN5O3S. The van der Waals surface area contributed by atoms with Crippen molar-refractivity contribution >= 4 is 35.4 Å². The molecule has 25 heavy (non-hydrogen) atoms. The zero-order valence-corrected chi connectivity index (χ0v) is 13.9. The van der Waals surface area contributed by atoms with Crippen LogP contribution in [-0.2, 0) is 0 Å². The SMILES string of the molecule is CSc1nc(-c2ccco2)cc(-n2nnc3cc(B(O)O)ccc32)n1. The second-order valence-corrected chi connectivity index (χ2v) is 5.97. The smallest absolute Gasteiger partial charge is 0.463 e. The predicted octanol–water partition coefficient (Wildman–Crippen LogP) is 0.872. The second-order valence-electron chi connectivity index (χ2n) is 5.20. The molecule has 124 valence electrons. The van der Waals surface area contributed by atoms with Crippen molar-refractivity contribution in [2.45, 2.75) is 5.16 Å². The molecule has 0 atom stereocenters. The molecule has 4 aromatic rings. The second kappa shape index (κ2) is 6.32. The number of hydrogen-bond donors (Lipinski definition) is 2. The average molecular weight is 353 g/mol. The van der Waals surface area contributed by atoms with E-state index in [-0.39, 0.29) is 0 Å². The topological polar surface area (TPSA) is 110 Å². The van der Waals surface area contributed by atoms with E-state index in [9.17, 15) is 10.0 Å². The van der Waals surface area contributed by atoms with E-state index in [4.69, 9.17) is 4.42 Å². The lowest BCUT2D eigenvalue weighted by atomic mass is 9.80. The molecule has 4 rings (SSSR count). The summed E-state index contributed by atoms with van der Waals surface area (Å²) in [7, 11) is -1.55. The van der Waals surface area contributed by atoms with Crippen LogP contribution in [0.3, 0.4) is 0 Å². The molecule has 2 N–H and O–H groups in total. The first kappa shape index (κ1) is 15.8. The van der Waals surface area contributed by atoms with E-state index in [0.717, 1.165) is 0 Å². The molecule has 0 saturated heterocycles. The minimum atomic E-state index is -1.55. The van der Waals surface area contributed by atoms with Gasteiger partial charge in [0.25, 0.3) is 0 Å². The predicted molar refractivity (Wildman–Crippen MR) is 93.8 cm³/mol. The summed E-state index contributed by atoms with van der Waals surface area (Å²) in [6.07, 6.45) is 3.47. The molecule has 0 radical (unpaired) electrons. The van der Waals surface area contributed by atoms with E-state index in [1.54, 1.807) is 41.3 Å². The molecule has 0 amide bonds. The summed E-state index contributed by atoms with van der Waals surface area (Å²) >= 11 is 1.41. The number of furan rings is 1. The van der Waals surface area contributed by atoms with Crippen LogP contribution in [0.2, 0.25) is 0 Å². The van der Waals surface area contributed by atoms with Crippen molar-refractivity contribution in [3.8, 4) is 17.3 Å². The normalized spacial score (nSPS) is 11.2. The lowest BCUT2D eigenvalue weighted by Gasteiger charge is -2.06. The zero-order valence-electron chi connectivity index (χ0n) is 13.1. The van der Waals surface area contributed by atoms with Crippen LogP contribution in [-0.4, -0.2) is 48.4 Å². The zero-order chi connectivity index (χ0) is 17.4. The van der Waals surface area contributed by atoms with Gasteiger partial charge in [-0.25, -0.2) is 9.97 Å². The fourth-order valence-electron chi connectivity index (χ4n) is 2.43. The van der Waals surface area contributed by atoms with Gasteiger partial charge in [0.2, 0.25) is 0 Å². The summed E-state index contributed by atoms with van der Waals surface area (Å²) in [6.45, 7) is 0. The standard InChI is InChI=1S/C15H12BN5O3S/c1-25-15-17-11(13-3-2-6-24-13)8-14(18-15)21-12-5-4-9(16(22)23)7-10(12)19-20-21/h2-8,22-23H,1H3. The first-order chi connectivity index (χ1) is 12.2. The summed E-state index contributed by atoms with van der Waals surface area (Å²) in [5.74, 6) is 1.18. The molecule has 10 heteroatoms. The van der Waals surface area contributed by atoms with Gasteiger partial charge >= 0.3 is 7.12 Å². The molecule has 0 fully saturated rings. The van der Waals surface area contributed by atoms with Gasteiger partial charge in [-0.3, -0.25) is 0 Å². The first-order valence-corrected chi connectivity index (χ1v) is 8.57. The molecule has 0 aliphatic heterocycles. The number of rotatable bonds is 4. The molecule has 0 unspecified atom stereocenters. The van der Waals surface area contributed by atoms with Crippen molar-refractivity contribution in [2.24, 2.45) is 0 Å². The Kier molecular flexibility index (Phi) is 4.00. The Morgan fingerprint density at radius 1 is 1.16 bits per heavy atom. The maximum Gasteiger partial charge on any atom is 0.488 e. The number of hydrogen-bond acceptors (Lipinski definition) is 8. The highest BCUT2D eigenvalue weighted by atomic mass is 32.2. The Balaban J connectivity index is 1.87. The van der Waals surface area contributed by atoms with Gasteiger partial charge in [-0.05, 0) is 36.0 Å². The van der Waals surface area contributed by atoms with E-state index >= 15 is 0 Å². The molecule has 0 spiro atoms. The van der Waals surface area contributed by atoms with Crippen molar-refractivity contribution in [2.75, 3.05) is 6.26 Å². The molecular weight excluding hydrogens is 341 g/mol. The summed E-state index contributed by atoms with van der Waals surface area (Å²) < 4.78 is 7.00. The molecule has 3 heterocycles. The van der Waals surface area contributed by atoms with E-state index in [0.29, 0.717) is 38.9 Å². The Hall–Kier alpha value is -2.69. The highest BCUT2D eigenvalue weighted by Crippen LogP contribution is 2.24. The van der Waals surface area contributed by atoms with Crippen molar-refractivity contribution < 1.29 is 14.5 Å². The molecule has 0 aliphatic carbocycles. The highest BCUT2D eigenvalue weighted by molar-refractivity contribution is 7.98. The molecule has 0 saturated carbocycles. The van der Waals surface area contributed by atoms with Gasteiger partial charge in [0, 0.05) is 6.07 Å². The van der Waals surface area contributed by atoms with Gasteiger partial charge in [-0.1, -0.05) is 23.0 Å². The summed E-state index contributed by atoms with van der Waals surface area (Å²) in [5.41, 5.74) is 2.23. The fourth-order valence-corrected chi connectivity index (χ4v) is 2.81. The quantitative estimate of drug-likeness (QED) is 0.316. The minimum absolute atomic E-state index is 0.350. The minimum Gasteiger partial charge on any atom is -0.463 e. The monoisotopic (exact) mass is 353 g/mol. The van der Waals surface area contributed by atoms with E-state index < -0.39 is 7.12 Å². The van der Waals surface area contributed by atoms with Crippen LogP contribution in [0.5, 0.6) is 0 Å². The van der Waals surface area contributed by atoms with Crippen LogP contribution in [0.25, 0.3) is 28.3 Å². The Morgan fingerprint density at radius 3 is 2.76 bits per heavy atom. The molecule has 0 aliphatic rings. The molecule has 1 aromatic carbocycles. The maximum atomic E-state index is 9.28. The van der Waals surface area contributed by atoms with E-state index in [1.165, 1.54) is 11.8 Å². The molecule has 3 aromatic heterocycles. The number of aromatic nitrogens is 5. The van der Waals surface area contributed by atoms with Crippen LogP contribution in [0.15, 0.2) is 52.2 Å². The van der Waals surface area contributed by atoms with Crippen molar-refractivity contribution in [1.82, 2.24) is 25.0 Å². The highest BCUT2D eigenvalue weighted by Gasteiger charge is 2.16. The van der Waals surface area contributed by atoms with Crippen LogP contribution in [0, 0.1) is 0 Å². The third-order valence-corrected chi connectivity index (χ3v) is 4.18. The Bertz CT molecular complexity index is 1040. The first-order valence-electron chi connectivity index (χ1n) is 7.34. The van der Waals surface area contributed by atoms with Crippen molar-refractivity contribution in [1.29, 1.82) is 0 Å².